The van der Waals surface area contributed by atoms with E-state index in [4.69, 9.17) is 9.30 Å². The minimum atomic E-state index is -0.935. The average molecular weight is 416 g/mol. The largest absolute Gasteiger partial charge is 0.465 e. The molecule has 0 aliphatic rings. The fourth-order valence-corrected chi connectivity index (χ4v) is 3.26. The molecule has 0 spiro atoms. The summed E-state index contributed by atoms with van der Waals surface area (Å²) in [6.07, 6.45) is 0.722. The molecule has 158 valence electrons. The zero-order valence-corrected chi connectivity index (χ0v) is 19.8. The molecule has 0 amide bonds. The number of rotatable bonds is 6. The summed E-state index contributed by atoms with van der Waals surface area (Å²) in [6.45, 7) is 12.6. The highest BCUT2D eigenvalue weighted by Gasteiger charge is 2.33. The van der Waals surface area contributed by atoms with Crippen LogP contribution < -0.4 is 0 Å². The lowest BCUT2D eigenvalue weighted by molar-refractivity contribution is -0.144. The van der Waals surface area contributed by atoms with Crippen molar-refractivity contribution in [3.63, 3.8) is 0 Å². The number of benzene rings is 2. The lowest BCUT2D eigenvalue weighted by atomic mass is 9.81. The van der Waals surface area contributed by atoms with Gasteiger partial charge in [-0.1, -0.05) is 70.2 Å². The third-order valence-corrected chi connectivity index (χ3v) is 4.72. The zero-order chi connectivity index (χ0) is 22.2. The number of carbonyl (C=O) groups excluding carboxylic acids is 2. The van der Waals surface area contributed by atoms with Crippen LogP contribution in [-0.4, -0.2) is 18.4 Å². The van der Waals surface area contributed by atoms with Gasteiger partial charge in [-0.25, -0.2) is 0 Å². The highest BCUT2D eigenvalue weighted by Crippen LogP contribution is 2.31. The molecule has 2 atom stereocenters. The van der Waals surface area contributed by atoms with Gasteiger partial charge in [-0.05, 0) is 47.9 Å². The van der Waals surface area contributed by atoms with Crippen molar-refractivity contribution in [2.75, 3.05) is 6.61 Å². The van der Waals surface area contributed by atoms with E-state index in [1.54, 1.807) is 0 Å². The molecule has 2 aromatic carbocycles. The summed E-state index contributed by atoms with van der Waals surface area (Å²) in [4.78, 5) is 26.2. The Labute approximate surface area is 176 Å². The topological polar surface area (TPSA) is 60.4 Å². The number of aryl methyl sites for hydroxylation is 2. The van der Waals surface area contributed by atoms with E-state index in [-0.39, 0.29) is 11.2 Å². The Kier molecular flexibility index (Phi) is 9.52. The monoisotopic (exact) mass is 416 g/mol. The molecule has 0 aliphatic carbocycles. The van der Waals surface area contributed by atoms with E-state index >= 15 is 0 Å². The molecule has 0 heterocycles. The maximum absolute atomic E-state index is 13.5. The first-order valence-electron chi connectivity index (χ1n) is 9.83. The molecule has 0 aliphatic heterocycles. The summed E-state index contributed by atoms with van der Waals surface area (Å²) in [5, 5.41) is 0. The second-order valence-corrected chi connectivity index (χ2v) is 8.11. The Balaban J connectivity index is 0.00000204. The van der Waals surface area contributed by atoms with Gasteiger partial charge < -0.3 is 9.30 Å². The number of ether oxygens (including phenoxy) is 1. The SMILES string of the molecule is CCCOC(=O)C(C(=O)c1c(C)cc(C(C)(C)C)cc1C)c1ccccc1.O=[PH3]. The Morgan fingerprint density at radius 3 is 1.97 bits per heavy atom. The molecule has 0 saturated carbocycles. The Hall–Kier alpha value is -2.19. The first-order chi connectivity index (χ1) is 13.7. The number of hydrogen-bond acceptors (Lipinski definition) is 4. The average Bonchev–Trinajstić information content (AvgIpc) is 2.67. The summed E-state index contributed by atoms with van der Waals surface area (Å²) in [7, 11) is 0.611. The van der Waals surface area contributed by atoms with Gasteiger partial charge in [0.05, 0.1) is 15.7 Å². The number of carbonyl (C=O) groups is 2. The Morgan fingerprint density at radius 1 is 1.00 bits per heavy atom. The number of ketones is 1. The molecule has 0 saturated heterocycles. The van der Waals surface area contributed by atoms with Crippen molar-refractivity contribution in [3.05, 3.63) is 70.3 Å². The van der Waals surface area contributed by atoms with Gasteiger partial charge in [0.1, 0.15) is 5.92 Å². The van der Waals surface area contributed by atoms with Crippen molar-refractivity contribution in [1.29, 1.82) is 0 Å². The van der Waals surface area contributed by atoms with Crippen molar-refractivity contribution >= 4 is 20.9 Å². The maximum atomic E-state index is 13.5. The standard InChI is InChI=1S/C24H30O3.H3OP/c1-7-13-27-23(26)21(18-11-9-8-10-12-18)22(25)20-16(2)14-19(15-17(20)3)24(4,5)6;1-2/h8-12,14-15,21H,7,13H2,1-6H3;2H3. The molecule has 2 unspecified atom stereocenters. The molecule has 4 nitrogen and oxygen atoms in total. The Morgan fingerprint density at radius 2 is 1.52 bits per heavy atom. The van der Waals surface area contributed by atoms with E-state index < -0.39 is 11.9 Å². The number of esters is 1. The summed E-state index contributed by atoms with van der Waals surface area (Å²) < 4.78 is 13.6. The quantitative estimate of drug-likeness (QED) is 0.272. The van der Waals surface area contributed by atoms with E-state index in [0.717, 1.165) is 17.5 Å². The third-order valence-electron chi connectivity index (χ3n) is 4.72. The molecule has 2 aromatic rings. The first-order valence-corrected chi connectivity index (χ1v) is 10.4. The smallest absolute Gasteiger partial charge is 0.321 e. The summed E-state index contributed by atoms with van der Waals surface area (Å²) >= 11 is 0. The van der Waals surface area contributed by atoms with Crippen LogP contribution in [0.4, 0.5) is 0 Å². The van der Waals surface area contributed by atoms with Gasteiger partial charge in [0.2, 0.25) is 0 Å². The van der Waals surface area contributed by atoms with Crippen molar-refractivity contribution in [1.82, 2.24) is 0 Å². The first kappa shape index (κ1) is 24.8. The molecule has 0 fully saturated rings. The van der Waals surface area contributed by atoms with Crippen LogP contribution in [-0.2, 0) is 19.5 Å². The molecule has 0 aromatic heterocycles. The minimum Gasteiger partial charge on any atom is -0.465 e. The van der Waals surface area contributed by atoms with E-state index in [1.807, 2.05) is 51.1 Å². The molecule has 2 rings (SSSR count). The zero-order valence-electron chi connectivity index (χ0n) is 18.4. The van der Waals surface area contributed by atoms with Gasteiger partial charge >= 0.3 is 5.97 Å². The van der Waals surface area contributed by atoms with E-state index in [9.17, 15) is 9.59 Å². The normalized spacial score (nSPS) is 11.9. The fraction of sp³-hybridized carbons (Fsp3) is 0.417. The molecule has 5 heteroatoms. The van der Waals surface area contributed by atoms with Gasteiger partial charge in [0.25, 0.3) is 0 Å². The van der Waals surface area contributed by atoms with Crippen LogP contribution in [0.3, 0.4) is 0 Å². The molecule has 0 radical (unpaired) electrons. The van der Waals surface area contributed by atoms with E-state index in [0.29, 0.717) is 26.9 Å². The minimum absolute atomic E-state index is 0.00398. The van der Waals surface area contributed by atoms with Crippen LogP contribution >= 0.6 is 9.12 Å². The van der Waals surface area contributed by atoms with Crippen LogP contribution in [0.5, 0.6) is 0 Å². The molecular weight excluding hydrogens is 383 g/mol. The predicted octanol–water partition coefficient (Wildman–Crippen LogP) is 5.46. The Bertz CT molecular complexity index is 815. The highest BCUT2D eigenvalue weighted by atomic mass is 31.0. The molecule has 0 bridgehead atoms. The van der Waals surface area contributed by atoms with E-state index in [2.05, 4.69) is 32.9 Å². The molecule has 0 N–H and O–H groups in total. The lowest BCUT2D eigenvalue weighted by Crippen LogP contribution is -2.26. The summed E-state index contributed by atoms with van der Waals surface area (Å²) in [5.74, 6) is -1.61. The van der Waals surface area contributed by atoms with Crippen LogP contribution in [0.1, 0.15) is 72.6 Å². The van der Waals surface area contributed by atoms with Gasteiger partial charge in [-0.15, -0.1) is 0 Å². The molecular formula is C24H33O4P. The van der Waals surface area contributed by atoms with Crippen LogP contribution in [0, 0.1) is 13.8 Å². The van der Waals surface area contributed by atoms with E-state index in [1.165, 1.54) is 5.56 Å². The summed E-state index contributed by atoms with van der Waals surface area (Å²) in [5.41, 5.74) is 4.26. The maximum Gasteiger partial charge on any atom is 0.321 e. The molecule has 29 heavy (non-hydrogen) atoms. The number of hydrogen-bond donors (Lipinski definition) is 0. The van der Waals surface area contributed by atoms with Crippen LogP contribution in [0.25, 0.3) is 0 Å². The van der Waals surface area contributed by atoms with Crippen LogP contribution in [0.2, 0.25) is 0 Å². The lowest BCUT2D eigenvalue weighted by Gasteiger charge is -2.23. The van der Waals surface area contributed by atoms with Gasteiger partial charge in [0, 0.05) is 5.56 Å². The van der Waals surface area contributed by atoms with Crippen molar-refractivity contribution in [2.45, 2.75) is 59.3 Å². The second-order valence-electron chi connectivity index (χ2n) is 8.11. The predicted molar refractivity (Wildman–Crippen MR) is 121 cm³/mol. The van der Waals surface area contributed by atoms with Crippen molar-refractivity contribution in [3.8, 4) is 0 Å². The van der Waals surface area contributed by atoms with Crippen molar-refractivity contribution in [2.24, 2.45) is 0 Å². The van der Waals surface area contributed by atoms with Gasteiger partial charge in [0.15, 0.2) is 5.78 Å². The third kappa shape index (κ3) is 6.40. The second kappa shape index (κ2) is 11.1. The fourth-order valence-electron chi connectivity index (χ4n) is 3.26. The van der Waals surface area contributed by atoms with Gasteiger partial charge in [-0.3, -0.25) is 9.59 Å². The highest BCUT2D eigenvalue weighted by molar-refractivity contribution is 7.00. The van der Waals surface area contributed by atoms with Crippen molar-refractivity contribution < 1.29 is 18.9 Å². The van der Waals surface area contributed by atoms with Crippen LogP contribution in [0.15, 0.2) is 42.5 Å². The van der Waals surface area contributed by atoms with Gasteiger partial charge in [-0.2, -0.15) is 0 Å². The summed E-state index contributed by atoms with van der Waals surface area (Å²) in [6, 6.07) is 13.3. The number of Topliss-reactive ketones (excluding diaryl/α,β-unsaturated/α-hetero) is 1.